The van der Waals surface area contributed by atoms with Crippen molar-refractivity contribution in [3.05, 3.63) is 70.3 Å². The molecule has 0 saturated carbocycles. The minimum Gasteiger partial charge on any atom is -0.454 e. The van der Waals surface area contributed by atoms with E-state index in [-0.39, 0.29) is 12.5 Å². The van der Waals surface area contributed by atoms with E-state index in [2.05, 4.69) is 15.3 Å². The summed E-state index contributed by atoms with van der Waals surface area (Å²) in [7, 11) is 0. The quantitative estimate of drug-likeness (QED) is 0.758. The van der Waals surface area contributed by atoms with Gasteiger partial charge in [-0.1, -0.05) is 29.8 Å². The van der Waals surface area contributed by atoms with Gasteiger partial charge in [-0.15, -0.1) is 0 Å². The summed E-state index contributed by atoms with van der Waals surface area (Å²) < 4.78 is 10.5. The molecule has 2 N–H and O–H groups in total. The third-order valence-electron chi connectivity index (χ3n) is 3.97. The molecule has 0 atom stereocenters. The van der Waals surface area contributed by atoms with Crippen molar-refractivity contribution in [1.29, 1.82) is 0 Å². The lowest BCUT2D eigenvalue weighted by Crippen LogP contribution is -2.21. The minimum atomic E-state index is -0.584. The largest absolute Gasteiger partial charge is 0.454 e. The number of ether oxygens (including phenoxy) is 2. The van der Waals surface area contributed by atoms with E-state index in [1.807, 2.05) is 31.2 Å². The highest BCUT2D eigenvalue weighted by Gasteiger charge is 2.16. The second-order valence-corrected chi connectivity index (χ2v) is 5.87. The molecule has 4 rings (SSSR count). The summed E-state index contributed by atoms with van der Waals surface area (Å²) in [6.07, 6.45) is 0. The van der Waals surface area contributed by atoms with E-state index < -0.39 is 11.6 Å². The molecular weight excluding hydrogens is 334 g/mol. The second kappa shape index (κ2) is 6.36. The Morgan fingerprint density at radius 3 is 2.65 bits per heavy atom. The topological polar surface area (TPSA) is 93.3 Å². The van der Waals surface area contributed by atoms with Crippen LogP contribution in [0, 0.1) is 6.92 Å². The van der Waals surface area contributed by atoms with E-state index in [9.17, 15) is 9.59 Å². The monoisotopic (exact) mass is 349 g/mol. The summed E-state index contributed by atoms with van der Waals surface area (Å²) in [5.41, 5.74) is 2.37. The molecule has 0 spiro atoms. The van der Waals surface area contributed by atoms with E-state index in [1.54, 1.807) is 24.3 Å². The number of amides is 1. The number of rotatable bonds is 3. The van der Waals surface area contributed by atoms with Crippen LogP contribution in [-0.2, 0) is 0 Å². The zero-order valence-corrected chi connectivity index (χ0v) is 13.9. The molecule has 130 valence electrons. The normalized spacial score (nSPS) is 12.0. The van der Waals surface area contributed by atoms with Crippen molar-refractivity contribution in [1.82, 2.24) is 9.97 Å². The van der Waals surface area contributed by atoms with Crippen molar-refractivity contribution in [2.24, 2.45) is 0 Å². The first-order valence-corrected chi connectivity index (χ1v) is 7.98. The highest BCUT2D eigenvalue weighted by molar-refractivity contribution is 6.03. The van der Waals surface area contributed by atoms with E-state index in [4.69, 9.17) is 9.47 Å². The number of carbonyl (C=O) groups is 1. The van der Waals surface area contributed by atoms with Gasteiger partial charge in [-0.25, -0.2) is 4.79 Å². The molecule has 1 aliphatic heterocycles. The standard InChI is InChI=1S/C19H15N3O4/c1-11-2-4-12(5-3-11)14-9-15(22-19(24)21-14)18(23)20-13-6-7-16-17(8-13)26-10-25-16/h2-9H,10H2,1H3,(H,20,23)(H,21,22,24). The van der Waals surface area contributed by atoms with Crippen LogP contribution in [0.2, 0.25) is 0 Å². The lowest BCUT2D eigenvalue weighted by atomic mass is 10.1. The number of nitrogens with one attached hydrogen (secondary N) is 2. The van der Waals surface area contributed by atoms with Crippen LogP contribution >= 0.6 is 0 Å². The van der Waals surface area contributed by atoms with Crippen LogP contribution in [0.4, 0.5) is 5.69 Å². The SMILES string of the molecule is Cc1ccc(-c2cc(C(=O)Nc3ccc4c(c3)OCO4)[nH]c(=O)n2)cc1. The van der Waals surface area contributed by atoms with Gasteiger partial charge < -0.3 is 19.8 Å². The fourth-order valence-corrected chi connectivity index (χ4v) is 2.62. The summed E-state index contributed by atoms with van der Waals surface area (Å²) in [5.74, 6) is 0.741. The van der Waals surface area contributed by atoms with Crippen LogP contribution in [0.15, 0.2) is 53.3 Å². The number of aromatic amines is 1. The van der Waals surface area contributed by atoms with Gasteiger partial charge in [-0.2, -0.15) is 4.98 Å². The Balaban J connectivity index is 1.61. The molecule has 1 aliphatic rings. The fourth-order valence-electron chi connectivity index (χ4n) is 2.62. The molecule has 3 aromatic rings. The van der Waals surface area contributed by atoms with Gasteiger partial charge in [0.1, 0.15) is 5.69 Å². The van der Waals surface area contributed by atoms with E-state index in [1.165, 1.54) is 0 Å². The van der Waals surface area contributed by atoms with Crippen molar-refractivity contribution < 1.29 is 14.3 Å². The zero-order valence-electron chi connectivity index (χ0n) is 13.9. The molecule has 7 heteroatoms. The number of carbonyl (C=O) groups excluding carboxylic acids is 1. The van der Waals surface area contributed by atoms with Crippen molar-refractivity contribution in [3.63, 3.8) is 0 Å². The summed E-state index contributed by atoms with van der Waals surface area (Å²) >= 11 is 0. The number of anilines is 1. The molecule has 1 amide bonds. The van der Waals surface area contributed by atoms with Gasteiger partial charge in [0.2, 0.25) is 6.79 Å². The van der Waals surface area contributed by atoms with Crippen molar-refractivity contribution in [2.45, 2.75) is 6.92 Å². The lowest BCUT2D eigenvalue weighted by Gasteiger charge is -2.07. The van der Waals surface area contributed by atoms with E-state index >= 15 is 0 Å². The molecule has 0 fully saturated rings. The van der Waals surface area contributed by atoms with E-state index in [0.29, 0.717) is 22.9 Å². The van der Waals surface area contributed by atoms with Crippen LogP contribution < -0.4 is 20.5 Å². The maximum absolute atomic E-state index is 12.5. The predicted molar refractivity (Wildman–Crippen MR) is 95.5 cm³/mol. The molecule has 0 radical (unpaired) electrons. The van der Waals surface area contributed by atoms with E-state index in [0.717, 1.165) is 11.1 Å². The number of nitrogens with zero attached hydrogens (tertiary/aromatic N) is 1. The van der Waals surface area contributed by atoms with Crippen LogP contribution in [0.3, 0.4) is 0 Å². The Labute approximate surface area is 148 Å². The molecule has 2 heterocycles. The van der Waals surface area contributed by atoms with Gasteiger partial charge in [0.25, 0.3) is 5.91 Å². The highest BCUT2D eigenvalue weighted by atomic mass is 16.7. The Kier molecular flexibility index (Phi) is 3.89. The van der Waals surface area contributed by atoms with Crippen LogP contribution in [-0.4, -0.2) is 22.7 Å². The summed E-state index contributed by atoms with van der Waals surface area (Å²) in [5, 5.41) is 2.73. The molecule has 26 heavy (non-hydrogen) atoms. The maximum atomic E-state index is 12.5. The lowest BCUT2D eigenvalue weighted by molar-refractivity contribution is 0.102. The van der Waals surface area contributed by atoms with Gasteiger partial charge in [0.15, 0.2) is 11.5 Å². The molecule has 1 aromatic heterocycles. The van der Waals surface area contributed by atoms with Crippen LogP contribution in [0.1, 0.15) is 16.1 Å². The van der Waals surface area contributed by atoms with Gasteiger partial charge >= 0.3 is 5.69 Å². The third-order valence-corrected chi connectivity index (χ3v) is 3.97. The van der Waals surface area contributed by atoms with Crippen LogP contribution in [0.25, 0.3) is 11.3 Å². The average molecular weight is 349 g/mol. The average Bonchev–Trinajstić information content (AvgIpc) is 3.09. The number of hydrogen-bond acceptors (Lipinski definition) is 5. The fraction of sp³-hybridized carbons (Fsp3) is 0.105. The van der Waals surface area contributed by atoms with Gasteiger partial charge in [0.05, 0.1) is 5.69 Å². The first-order chi connectivity index (χ1) is 12.6. The molecular formula is C19H15N3O4. The number of hydrogen-bond donors (Lipinski definition) is 2. The Morgan fingerprint density at radius 1 is 1.08 bits per heavy atom. The first-order valence-electron chi connectivity index (χ1n) is 7.98. The molecule has 0 unspecified atom stereocenters. The minimum absolute atomic E-state index is 0.123. The number of aryl methyl sites for hydroxylation is 1. The molecule has 0 bridgehead atoms. The maximum Gasteiger partial charge on any atom is 0.346 e. The van der Waals surface area contributed by atoms with Crippen molar-refractivity contribution in [2.75, 3.05) is 12.1 Å². The first kappa shape index (κ1) is 15.9. The Morgan fingerprint density at radius 2 is 1.85 bits per heavy atom. The van der Waals surface area contributed by atoms with Crippen molar-refractivity contribution in [3.8, 4) is 22.8 Å². The predicted octanol–water partition coefficient (Wildman–Crippen LogP) is 2.73. The smallest absolute Gasteiger partial charge is 0.346 e. The van der Waals surface area contributed by atoms with Gasteiger partial charge in [0, 0.05) is 17.3 Å². The number of H-pyrrole nitrogens is 1. The summed E-state index contributed by atoms with van der Waals surface area (Å²) in [6.45, 7) is 2.13. The highest BCUT2D eigenvalue weighted by Crippen LogP contribution is 2.34. The Bertz CT molecular complexity index is 1040. The number of fused-ring (bicyclic) bond motifs is 1. The molecule has 2 aromatic carbocycles. The number of aromatic nitrogens is 2. The van der Waals surface area contributed by atoms with Crippen molar-refractivity contribution >= 4 is 11.6 Å². The third kappa shape index (κ3) is 3.14. The second-order valence-electron chi connectivity index (χ2n) is 5.87. The molecule has 0 saturated heterocycles. The van der Waals surface area contributed by atoms with Gasteiger partial charge in [-0.05, 0) is 25.1 Å². The molecule has 7 nitrogen and oxygen atoms in total. The Hall–Kier alpha value is -3.61. The number of benzene rings is 2. The van der Waals surface area contributed by atoms with Crippen LogP contribution in [0.5, 0.6) is 11.5 Å². The summed E-state index contributed by atoms with van der Waals surface area (Å²) in [4.78, 5) is 30.8. The summed E-state index contributed by atoms with van der Waals surface area (Å²) in [6, 6.07) is 14.2. The molecule has 0 aliphatic carbocycles. The van der Waals surface area contributed by atoms with Gasteiger partial charge in [-0.3, -0.25) is 4.79 Å². The zero-order chi connectivity index (χ0) is 18.1.